The summed E-state index contributed by atoms with van der Waals surface area (Å²) in [5.41, 5.74) is 0. The van der Waals surface area contributed by atoms with Gasteiger partial charge in [-0.1, -0.05) is 0 Å². The summed E-state index contributed by atoms with van der Waals surface area (Å²) in [6.45, 7) is 19.6. The Morgan fingerprint density at radius 1 is 0.568 bits per heavy atom. The second-order valence-electron chi connectivity index (χ2n) is 11.4. The molecule has 0 amide bonds. The Balaban J connectivity index is 3.15. The molecule has 14 heteroatoms. The average molecular weight is 651 g/mol. The summed E-state index contributed by atoms with van der Waals surface area (Å²) in [5, 5.41) is 0. The van der Waals surface area contributed by atoms with Gasteiger partial charge < -0.3 is 28.2 Å². The molecule has 0 unspecified atom stereocenters. The van der Waals surface area contributed by atoms with Crippen LogP contribution in [0.5, 0.6) is 0 Å². The van der Waals surface area contributed by atoms with Gasteiger partial charge in [0.05, 0.1) is 57.8 Å². The van der Waals surface area contributed by atoms with E-state index in [2.05, 4.69) is 14.7 Å². The maximum absolute atomic E-state index is 13.6. The van der Waals surface area contributed by atoms with Crippen LogP contribution in [0.15, 0.2) is 0 Å². The van der Waals surface area contributed by atoms with Gasteiger partial charge in [0.2, 0.25) is 0 Å². The Hall–Kier alpha value is -1.60. The van der Waals surface area contributed by atoms with Crippen LogP contribution >= 0.6 is 7.60 Å². The molecule has 0 aromatic rings. The van der Waals surface area contributed by atoms with Crippen LogP contribution < -0.4 is 0 Å². The van der Waals surface area contributed by atoms with Crippen molar-refractivity contribution in [1.29, 1.82) is 0 Å². The lowest BCUT2D eigenvalue weighted by Gasteiger charge is -2.32. The first-order valence-electron chi connectivity index (χ1n) is 16.2. The largest absolute Gasteiger partial charge is 0.465 e. The molecule has 1 aliphatic heterocycles. The zero-order valence-corrected chi connectivity index (χ0v) is 29.2. The normalized spacial score (nSPS) is 17.8. The smallest absolute Gasteiger partial charge is 0.332 e. The van der Waals surface area contributed by atoms with Crippen molar-refractivity contribution in [1.82, 2.24) is 19.6 Å². The summed E-state index contributed by atoms with van der Waals surface area (Å²) in [6, 6.07) is 0. The van der Waals surface area contributed by atoms with Crippen molar-refractivity contribution < 1.29 is 42.2 Å². The van der Waals surface area contributed by atoms with Crippen molar-refractivity contribution in [3.8, 4) is 0 Å². The van der Waals surface area contributed by atoms with Gasteiger partial charge in [-0.05, 0) is 67.9 Å². The molecule has 1 aliphatic rings. The van der Waals surface area contributed by atoms with E-state index in [1.807, 2.05) is 32.6 Å². The Kier molecular flexibility index (Phi) is 21.0. The predicted molar refractivity (Wildman–Crippen MR) is 170 cm³/mol. The number of hydrogen-bond acceptors (Lipinski definition) is 13. The van der Waals surface area contributed by atoms with Gasteiger partial charge in [-0.2, -0.15) is 0 Å². The SMILES string of the molecule is CCOC(=O)CN1CCCN(CC(=O)OCC)CCN(CC(=O)OCC)CCCN(CCP(=O)(OC(C)C)OC(C)C)CC1. The van der Waals surface area contributed by atoms with Crippen LogP contribution in [0.25, 0.3) is 0 Å². The van der Waals surface area contributed by atoms with Gasteiger partial charge in [-0.25, -0.2) is 0 Å². The number of nitrogens with zero attached hydrogens (tertiary/aromatic N) is 4. The monoisotopic (exact) mass is 650 g/mol. The van der Waals surface area contributed by atoms with Gasteiger partial charge in [0.15, 0.2) is 0 Å². The van der Waals surface area contributed by atoms with Crippen molar-refractivity contribution in [2.24, 2.45) is 0 Å². The summed E-state index contributed by atoms with van der Waals surface area (Å²) in [7, 11) is -3.32. The van der Waals surface area contributed by atoms with E-state index in [9.17, 15) is 18.9 Å². The summed E-state index contributed by atoms with van der Waals surface area (Å²) in [5.74, 6) is -0.849. The van der Waals surface area contributed by atoms with Crippen molar-refractivity contribution in [3.63, 3.8) is 0 Å². The number of carbonyl (C=O) groups is 3. The molecule has 0 spiro atoms. The molecule has 1 fully saturated rings. The van der Waals surface area contributed by atoms with E-state index in [0.717, 1.165) is 12.8 Å². The molecule has 0 radical (unpaired) electrons. The molecule has 0 aliphatic carbocycles. The molecule has 1 saturated heterocycles. The molecule has 1 heterocycles. The number of hydrogen-bond donors (Lipinski definition) is 0. The molecular formula is C30H59N4O9P. The van der Waals surface area contributed by atoms with Gasteiger partial charge in [0.25, 0.3) is 0 Å². The Labute approximate surface area is 265 Å². The third-order valence-corrected chi connectivity index (χ3v) is 9.00. The Morgan fingerprint density at radius 2 is 0.886 bits per heavy atom. The van der Waals surface area contributed by atoms with Gasteiger partial charge in [-0.15, -0.1) is 0 Å². The van der Waals surface area contributed by atoms with E-state index in [1.54, 1.807) is 20.8 Å². The van der Waals surface area contributed by atoms with E-state index in [4.69, 9.17) is 23.3 Å². The van der Waals surface area contributed by atoms with E-state index in [0.29, 0.717) is 78.7 Å². The van der Waals surface area contributed by atoms with Crippen molar-refractivity contribution in [2.75, 3.05) is 105 Å². The summed E-state index contributed by atoms with van der Waals surface area (Å²) >= 11 is 0. The predicted octanol–water partition coefficient (Wildman–Crippen LogP) is 2.72. The van der Waals surface area contributed by atoms with Gasteiger partial charge in [0.1, 0.15) is 0 Å². The van der Waals surface area contributed by atoms with E-state index < -0.39 is 7.60 Å². The third kappa shape index (κ3) is 19.0. The maximum atomic E-state index is 13.6. The summed E-state index contributed by atoms with van der Waals surface area (Å²) in [4.78, 5) is 45.5. The van der Waals surface area contributed by atoms with Crippen LogP contribution in [0.4, 0.5) is 0 Å². The lowest BCUT2D eigenvalue weighted by Crippen LogP contribution is -2.44. The van der Waals surface area contributed by atoms with Crippen molar-refractivity contribution in [2.45, 2.75) is 73.5 Å². The number of carbonyl (C=O) groups excluding carboxylic acids is 3. The Bertz CT molecular complexity index is 863. The minimum Gasteiger partial charge on any atom is -0.465 e. The lowest BCUT2D eigenvalue weighted by atomic mass is 10.2. The number of rotatable bonds is 16. The summed E-state index contributed by atoms with van der Waals surface area (Å²) < 4.78 is 40.8. The fraction of sp³-hybridized carbons (Fsp3) is 0.900. The van der Waals surface area contributed by atoms with Crippen molar-refractivity contribution >= 4 is 25.5 Å². The molecule has 0 bridgehead atoms. The van der Waals surface area contributed by atoms with Crippen LogP contribution in [-0.4, -0.2) is 154 Å². The van der Waals surface area contributed by atoms with Crippen LogP contribution in [0.2, 0.25) is 0 Å². The quantitative estimate of drug-likeness (QED) is 0.138. The molecule has 13 nitrogen and oxygen atoms in total. The highest BCUT2D eigenvalue weighted by Crippen LogP contribution is 2.50. The van der Waals surface area contributed by atoms with E-state index in [-0.39, 0.29) is 55.9 Å². The van der Waals surface area contributed by atoms with Crippen LogP contribution in [-0.2, 0) is 42.2 Å². The molecule has 44 heavy (non-hydrogen) atoms. The highest BCUT2D eigenvalue weighted by Gasteiger charge is 2.29. The molecule has 0 aromatic heterocycles. The molecule has 0 N–H and O–H groups in total. The zero-order chi connectivity index (χ0) is 33.0. The van der Waals surface area contributed by atoms with Crippen LogP contribution in [0.3, 0.4) is 0 Å². The molecular weight excluding hydrogens is 591 g/mol. The highest BCUT2D eigenvalue weighted by molar-refractivity contribution is 7.53. The lowest BCUT2D eigenvalue weighted by molar-refractivity contribution is -0.146. The first-order valence-corrected chi connectivity index (χ1v) is 17.9. The topological polar surface area (TPSA) is 127 Å². The minimum atomic E-state index is -3.32. The fourth-order valence-corrected chi connectivity index (χ4v) is 7.02. The molecule has 1 rings (SSSR count). The summed E-state index contributed by atoms with van der Waals surface area (Å²) in [6.07, 6.45) is 1.24. The van der Waals surface area contributed by atoms with Gasteiger partial charge >= 0.3 is 25.5 Å². The number of ether oxygens (including phenoxy) is 3. The highest BCUT2D eigenvalue weighted by atomic mass is 31.2. The molecule has 258 valence electrons. The van der Waals surface area contributed by atoms with E-state index >= 15 is 0 Å². The standard InChI is InChI=1S/C30H59N4O9P/c1-8-39-28(35)23-32-15-12-16-34(25-30(37)41-10-3)20-19-33(24-29(36)40-9-2)14-11-13-31(17-18-32)21-22-44(38,42-26(4)5)43-27(6)7/h26-27H,8-25H2,1-7H3. The van der Waals surface area contributed by atoms with E-state index in [1.165, 1.54) is 0 Å². The number of esters is 3. The third-order valence-electron chi connectivity index (χ3n) is 6.77. The Morgan fingerprint density at radius 3 is 1.20 bits per heavy atom. The second-order valence-corrected chi connectivity index (χ2v) is 13.5. The second kappa shape index (κ2) is 22.8. The van der Waals surface area contributed by atoms with Crippen LogP contribution in [0.1, 0.15) is 61.3 Å². The van der Waals surface area contributed by atoms with Gasteiger partial charge in [-0.3, -0.25) is 33.6 Å². The molecule has 0 aromatic carbocycles. The van der Waals surface area contributed by atoms with Crippen LogP contribution in [0, 0.1) is 0 Å². The molecule has 0 saturated carbocycles. The first-order chi connectivity index (χ1) is 20.9. The first kappa shape index (κ1) is 40.4. The fourth-order valence-electron chi connectivity index (χ4n) is 4.95. The van der Waals surface area contributed by atoms with Gasteiger partial charge in [0, 0.05) is 52.4 Å². The molecule has 0 atom stereocenters. The maximum Gasteiger partial charge on any atom is 0.332 e. The average Bonchev–Trinajstić information content (AvgIpc) is 2.91. The van der Waals surface area contributed by atoms with Crippen molar-refractivity contribution in [3.05, 3.63) is 0 Å². The minimum absolute atomic E-state index is 0.156. The zero-order valence-electron chi connectivity index (χ0n) is 28.3.